The van der Waals surface area contributed by atoms with E-state index in [4.69, 9.17) is 0 Å². The Kier molecular flexibility index (Phi) is 5.68. The van der Waals surface area contributed by atoms with Crippen LogP contribution in [0.1, 0.15) is 43.0 Å². The number of sulfonamides is 1. The van der Waals surface area contributed by atoms with Gasteiger partial charge in [-0.05, 0) is 31.9 Å². The average molecular weight is 368 g/mol. The Bertz CT molecular complexity index is 846. The highest BCUT2D eigenvalue weighted by Crippen LogP contribution is 2.24. The van der Waals surface area contributed by atoms with Crippen molar-refractivity contribution in [3.05, 3.63) is 34.9 Å². The number of benzene rings is 1. The van der Waals surface area contributed by atoms with Gasteiger partial charge in [0.1, 0.15) is 0 Å². The summed E-state index contributed by atoms with van der Waals surface area (Å²) in [5.74, 6) is -0.244. The van der Waals surface area contributed by atoms with E-state index in [1.54, 1.807) is 13.8 Å². The van der Waals surface area contributed by atoms with Crippen LogP contribution in [-0.2, 0) is 14.8 Å². The first kappa shape index (κ1) is 18.5. The van der Waals surface area contributed by atoms with E-state index in [9.17, 15) is 13.2 Å². The van der Waals surface area contributed by atoms with Crippen molar-refractivity contribution in [3.63, 3.8) is 0 Å². The minimum Gasteiger partial charge on any atom is -0.301 e. The molecule has 0 saturated heterocycles. The van der Waals surface area contributed by atoms with Crippen LogP contribution >= 0.6 is 11.3 Å². The molecule has 0 saturated carbocycles. The summed E-state index contributed by atoms with van der Waals surface area (Å²) in [5.41, 5.74) is 2.97. The zero-order valence-corrected chi connectivity index (χ0v) is 15.6. The van der Waals surface area contributed by atoms with E-state index < -0.39 is 16.1 Å². The van der Waals surface area contributed by atoms with Crippen LogP contribution in [0, 0.1) is 13.8 Å². The second kappa shape index (κ2) is 7.37. The first-order valence-electron chi connectivity index (χ1n) is 7.45. The summed E-state index contributed by atoms with van der Waals surface area (Å²) >= 11 is 0.823. The molecule has 0 radical (unpaired) electrons. The summed E-state index contributed by atoms with van der Waals surface area (Å²) in [7, 11) is -3.82. The van der Waals surface area contributed by atoms with Gasteiger partial charge in [-0.15, -0.1) is 10.2 Å². The minimum absolute atomic E-state index is 0.168. The van der Waals surface area contributed by atoms with E-state index in [1.807, 2.05) is 32.0 Å². The number of nitrogens with one attached hydrogen (secondary N) is 2. The highest BCUT2D eigenvalue weighted by atomic mass is 32.2. The van der Waals surface area contributed by atoms with Crippen molar-refractivity contribution in [2.45, 2.75) is 44.5 Å². The lowest BCUT2D eigenvalue weighted by atomic mass is 10.0. The van der Waals surface area contributed by atoms with Crippen LogP contribution in [0.5, 0.6) is 0 Å². The maximum atomic E-state index is 12.5. The number of carbonyl (C=O) groups is 1. The smallest absolute Gasteiger partial charge is 0.270 e. The fourth-order valence-electron chi connectivity index (χ4n) is 2.15. The number of hydrogen-bond donors (Lipinski definition) is 2. The van der Waals surface area contributed by atoms with Crippen LogP contribution in [0.2, 0.25) is 0 Å². The first-order chi connectivity index (χ1) is 11.2. The highest BCUT2D eigenvalue weighted by molar-refractivity contribution is 7.91. The van der Waals surface area contributed by atoms with Crippen molar-refractivity contribution in [1.29, 1.82) is 0 Å². The Morgan fingerprint density at radius 1 is 1.29 bits per heavy atom. The Morgan fingerprint density at radius 2 is 2.00 bits per heavy atom. The number of anilines is 1. The third-order valence-electron chi connectivity index (χ3n) is 3.44. The van der Waals surface area contributed by atoms with Crippen molar-refractivity contribution in [1.82, 2.24) is 14.9 Å². The lowest BCUT2D eigenvalue weighted by Crippen LogP contribution is -2.27. The van der Waals surface area contributed by atoms with Gasteiger partial charge in [0.2, 0.25) is 15.4 Å². The molecule has 1 atom stereocenters. The molecule has 2 rings (SSSR count). The standard InChI is InChI=1S/C15H20N4O3S2/c1-5-13(20)16-14-17-18-15(23-14)24(21,22)19-11(4)12-8-9(2)6-7-10(12)3/h6-8,11,19H,5H2,1-4H3,(H,16,17,20). The Balaban J connectivity index is 2.19. The summed E-state index contributed by atoms with van der Waals surface area (Å²) in [6, 6.07) is 5.48. The average Bonchev–Trinajstić information content (AvgIpc) is 2.98. The van der Waals surface area contributed by atoms with Gasteiger partial charge in [-0.1, -0.05) is 42.0 Å². The minimum atomic E-state index is -3.82. The van der Waals surface area contributed by atoms with E-state index in [-0.39, 0.29) is 21.8 Å². The van der Waals surface area contributed by atoms with Crippen molar-refractivity contribution in [3.8, 4) is 0 Å². The molecule has 0 aliphatic rings. The van der Waals surface area contributed by atoms with E-state index in [0.29, 0.717) is 0 Å². The van der Waals surface area contributed by atoms with Crippen LogP contribution in [-0.4, -0.2) is 24.5 Å². The number of carbonyl (C=O) groups excluding carboxylic acids is 1. The van der Waals surface area contributed by atoms with Crippen molar-refractivity contribution < 1.29 is 13.2 Å². The number of nitrogens with zero attached hydrogens (tertiary/aromatic N) is 2. The largest absolute Gasteiger partial charge is 0.301 e. The molecule has 0 fully saturated rings. The summed E-state index contributed by atoms with van der Waals surface area (Å²) < 4.78 is 27.4. The molecule has 1 unspecified atom stereocenters. The molecule has 1 heterocycles. The monoisotopic (exact) mass is 368 g/mol. The molecule has 0 aliphatic heterocycles. The molecule has 7 nitrogen and oxygen atoms in total. The third kappa shape index (κ3) is 4.37. The summed E-state index contributed by atoms with van der Waals surface area (Å²) in [6.45, 7) is 7.36. The third-order valence-corrected chi connectivity index (χ3v) is 6.18. The van der Waals surface area contributed by atoms with Gasteiger partial charge in [-0.3, -0.25) is 4.79 Å². The molecule has 2 aromatic rings. The molecule has 0 spiro atoms. The molecule has 0 aliphatic carbocycles. The number of rotatable bonds is 6. The number of aromatic nitrogens is 2. The Hall–Kier alpha value is -1.84. The molecule has 9 heteroatoms. The number of hydrogen-bond acceptors (Lipinski definition) is 6. The number of amides is 1. The van der Waals surface area contributed by atoms with Crippen LogP contribution in [0.25, 0.3) is 0 Å². The highest BCUT2D eigenvalue weighted by Gasteiger charge is 2.24. The predicted octanol–water partition coefficient (Wildman–Crippen LogP) is 2.54. The second-order valence-electron chi connectivity index (χ2n) is 5.48. The lowest BCUT2D eigenvalue weighted by molar-refractivity contribution is -0.115. The topological polar surface area (TPSA) is 101 Å². The van der Waals surface area contributed by atoms with Crippen molar-refractivity contribution >= 4 is 32.4 Å². The van der Waals surface area contributed by atoms with Gasteiger partial charge in [0.25, 0.3) is 10.0 Å². The molecule has 1 amide bonds. The number of aryl methyl sites for hydroxylation is 2. The van der Waals surface area contributed by atoms with Crippen LogP contribution in [0.4, 0.5) is 5.13 Å². The fraction of sp³-hybridized carbons (Fsp3) is 0.400. The van der Waals surface area contributed by atoms with Crippen LogP contribution in [0.3, 0.4) is 0 Å². The van der Waals surface area contributed by atoms with Gasteiger partial charge in [-0.2, -0.15) is 0 Å². The molecular weight excluding hydrogens is 348 g/mol. The Morgan fingerprint density at radius 3 is 2.67 bits per heavy atom. The van der Waals surface area contributed by atoms with Gasteiger partial charge in [0.05, 0.1) is 0 Å². The second-order valence-corrected chi connectivity index (χ2v) is 8.34. The summed E-state index contributed by atoms with van der Waals surface area (Å²) in [5, 5.41) is 10.0. The molecular formula is C15H20N4O3S2. The zero-order chi connectivity index (χ0) is 17.9. The SMILES string of the molecule is CCC(=O)Nc1nnc(S(=O)(=O)NC(C)c2cc(C)ccc2C)s1. The van der Waals surface area contributed by atoms with E-state index in [0.717, 1.165) is 28.0 Å². The molecule has 130 valence electrons. The van der Waals surface area contributed by atoms with Gasteiger partial charge in [0, 0.05) is 12.5 Å². The quantitative estimate of drug-likeness (QED) is 0.763. The van der Waals surface area contributed by atoms with Gasteiger partial charge >= 0.3 is 0 Å². The maximum absolute atomic E-state index is 12.5. The van der Waals surface area contributed by atoms with Crippen molar-refractivity contribution in [2.24, 2.45) is 0 Å². The maximum Gasteiger partial charge on any atom is 0.270 e. The lowest BCUT2D eigenvalue weighted by Gasteiger charge is -2.16. The fourth-order valence-corrected chi connectivity index (χ4v) is 4.30. The van der Waals surface area contributed by atoms with Gasteiger partial charge in [-0.25, -0.2) is 13.1 Å². The molecule has 0 bridgehead atoms. The van der Waals surface area contributed by atoms with Crippen LogP contribution in [0.15, 0.2) is 22.5 Å². The first-order valence-corrected chi connectivity index (χ1v) is 9.75. The van der Waals surface area contributed by atoms with Gasteiger partial charge < -0.3 is 5.32 Å². The van der Waals surface area contributed by atoms with E-state index in [1.165, 1.54) is 0 Å². The van der Waals surface area contributed by atoms with Crippen molar-refractivity contribution in [2.75, 3.05) is 5.32 Å². The normalized spacial score (nSPS) is 12.8. The van der Waals surface area contributed by atoms with Crippen LogP contribution < -0.4 is 10.0 Å². The summed E-state index contributed by atoms with van der Waals surface area (Å²) in [6.07, 6.45) is 0.281. The molecule has 24 heavy (non-hydrogen) atoms. The molecule has 2 N–H and O–H groups in total. The van der Waals surface area contributed by atoms with E-state index >= 15 is 0 Å². The molecule has 1 aromatic heterocycles. The zero-order valence-electron chi connectivity index (χ0n) is 14.0. The van der Waals surface area contributed by atoms with E-state index in [2.05, 4.69) is 20.2 Å². The predicted molar refractivity (Wildman–Crippen MR) is 93.5 cm³/mol. The van der Waals surface area contributed by atoms with Gasteiger partial charge in [0.15, 0.2) is 0 Å². The summed E-state index contributed by atoms with van der Waals surface area (Å²) in [4.78, 5) is 11.3. The Labute approximate surface area is 145 Å². The molecule has 1 aromatic carbocycles.